The molecule has 0 radical (unpaired) electrons. The fraction of sp³-hybridized carbons (Fsp3) is 0.136. The molecule has 4 rings (SSSR count). The lowest BCUT2D eigenvalue weighted by molar-refractivity contribution is 0.0898. The van der Waals surface area contributed by atoms with E-state index in [-0.39, 0.29) is 18.1 Å². The van der Waals surface area contributed by atoms with Crippen LogP contribution in [0.1, 0.15) is 40.1 Å². The molecule has 3 aromatic carbocycles. The first-order valence-corrected chi connectivity index (χ1v) is 8.48. The Morgan fingerprint density at radius 3 is 2.24 bits per heavy atom. The standard InChI is InChI=1S/C22H19NO2/c24-22(17-11-5-2-6-12-17)23-19-15-21(16-9-3-1-4-10-16)25-20-14-8-7-13-18(19)20/h1-14,19,21H,15H2,(H,23,24)/t19-,21+/m0/s1. The van der Waals surface area contributed by atoms with Crippen LogP contribution in [0.2, 0.25) is 0 Å². The number of carbonyl (C=O) groups is 1. The lowest BCUT2D eigenvalue weighted by atomic mass is 9.92. The fourth-order valence-corrected chi connectivity index (χ4v) is 3.26. The molecule has 0 spiro atoms. The quantitative estimate of drug-likeness (QED) is 0.757. The van der Waals surface area contributed by atoms with Gasteiger partial charge in [0.25, 0.3) is 5.91 Å². The highest BCUT2D eigenvalue weighted by Gasteiger charge is 2.30. The molecule has 0 unspecified atom stereocenters. The Labute approximate surface area is 147 Å². The van der Waals surface area contributed by atoms with E-state index in [0.717, 1.165) is 16.9 Å². The number of benzene rings is 3. The number of fused-ring (bicyclic) bond motifs is 1. The molecular formula is C22H19NO2. The van der Waals surface area contributed by atoms with Crippen molar-refractivity contribution in [2.75, 3.05) is 0 Å². The SMILES string of the molecule is O=C(N[C@H]1C[C@H](c2ccccc2)Oc2ccccc21)c1ccccc1. The van der Waals surface area contributed by atoms with Gasteiger partial charge in [-0.1, -0.05) is 66.7 Å². The summed E-state index contributed by atoms with van der Waals surface area (Å²) in [5.74, 6) is 0.773. The van der Waals surface area contributed by atoms with Crippen LogP contribution in [0.3, 0.4) is 0 Å². The minimum absolute atomic E-state index is 0.0610. The first kappa shape index (κ1) is 15.5. The van der Waals surface area contributed by atoms with Crippen molar-refractivity contribution in [1.29, 1.82) is 0 Å². The third-order valence-electron chi connectivity index (χ3n) is 4.53. The number of carbonyl (C=O) groups excluding carboxylic acids is 1. The van der Waals surface area contributed by atoms with Gasteiger partial charge in [-0.05, 0) is 23.8 Å². The zero-order chi connectivity index (χ0) is 17.1. The molecular weight excluding hydrogens is 310 g/mol. The topological polar surface area (TPSA) is 38.3 Å². The number of ether oxygens (including phenoxy) is 1. The van der Waals surface area contributed by atoms with Crippen molar-refractivity contribution < 1.29 is 9.53 Å². The highest BCUT2D eigenvalue weighted by molar-refractivity contribution is 5.94. The highest BCUT2D eigenvalue weighted by Crippen LogP contribution is 2.40. The van der Waals surface area contributed by atoms with Gasteiger partial charge in [-0.25, -0.2) is 0 Å². The summed E-state index contributed by atoms with van der Waals surface area (Å²) in [6.45, 7) is 0. The molecule has 1 aliphatic heterocycles. The van der Waals surface area contributed by atoms with E-state index in [0.29, 0.717) is 12.0 Å². The Balaban J connectivity index is 1.62. The minimum Gasteiger partial charge on any atom is -0.485 e. The molecule has 3 nitrogen and oxygen atoms in total. The number of nitrogens with one attached hydrogen (secondary N) is 1. The summed E-state index contributed by atoms with van der Waals surface area (Å²) in [5, 5.41) is 3.17. The maximum absolute atomic E-state index is 12.6. The van der Waals surface area contributed by atoms with E-state index >= 15 is 0 Å². The molecule has 0 fully saturated rings. The molecule has 0 aromatic heterocycles. The van der Waals surface area contributed by atoms with E-state index in [4.69, 9.17) is 4.74 Å². The third-order valence-corrected chi connectivity index (χ3v) is 4.53. The number of amides is 1. The van der Waals surface area contributed by atoms with Crippen LogP contribution in [-0.4, -0.2) is 5.91 Å². The van der Waals surface area contributed by atoms with Gasteiger partial charge >= 0.3 is 0 Å². The number of rotatable bonds is 3. The van der Waals surface area contributed by atoms with Crippen LogP contribution in [0.25, 0.3) is 0 Å². The van der Waals surface area contributed by atoms with Gasteiger partial charge in [0.2, 0.25) is 0 Å². The zero-order valence-electron chi connectivity index (χ0n) is 13.8. The normalized spacial score (nSPS) is 18.7. The van der Waals surface area contributed by atoms with Crippen molar-refractivity contribution in [1.82, 2.24) is 5.32 Å². The molecule has 0 aliphatic carbocycles. The van der Waals surface area contributed by atoms with E-state index in [1.165, 1.54) is 0 Å². The largest absolute Gasteiger partial charge is 0.485 e. The molecule has 1 amide bonds. The van der Waals surface area contributed by atoms with Crippen molar-refractivity contribution in [2.45, 2.75) is 18.6 Å². The smallest absolute Gasteiger partial charge is 0.251 e. The Kier molecular flexibility index (Phi) is 4.21. The molecule has 3 heteroatoms. The molecule has 0 saturated heterocycles. The summed E-state index contributed by atoms with van der Waals surface area (Å²) < 4.78 is 6.18. The molecule has 0 bridgehead atoms. The number of hydrogen-bond acceptors (Lipinski definition) is 2. The molecule has 2 atom stereocenters. The van der Waals surface area contributed by atoms with Crippen LogP contribution in [0.5, 0.6) is 5.75 Å². The first-order chi connectivity index (χ1) is 12.3. The van der Waals surface area contributed by atoms with Gasteiger partial charge in [0.15, 0.2) is 0 Å². The van der Waals surface area contributed by atoms with Crippen molar-refractivity contribution in [3.05, 3.63) is 102 Å². The van der Waals surface area contributed by atoms with Gasteiger partial charge in [-0.2, -0.15) is 0 Å². The summed E-state index contributed by atoms with van der Waals surface area (Å²) in [4.78, 5) is 12.6. The summed E-state index contributed by atoms with van der Waals surface area (Å²) in [5.41, 5.74) is 2.82. The van der Waals surface area contributed by atoms with Gasteiger partial charge in [-0.15, -0.1) is 0 Å². The summed E-state index contributed by atoms with van der Waals surface area (Å²) in [6, 6.07) is 27.3. The second-order valence-corrected chi connectivity index (χ2v) is 6.18. The van der Waals surface area contributed by atoms with Gasteiger partial charge < -0.3 is 10.1 Å². The monoisotopic (exact) mass is 329 g/mol. The van der Waals surface area contributed by atoms with E-state index in [1.807, 2.05) is 72.8 Å². The van der Waals surface area contributed by atoms with Crippen LogP contribution in [0.4, 0.5) is 0 Å². The Hall–Kier alpha value is -3.07. The second kappa shape index (κ2) is 6.81. The predicted octanol–water partition coefficient (Wildman–Crippen LogP) is 4.68. The molecule has 1 heterocycles. The summed E-state index contributed by atoms with van der Waals surface area (Å²) in [7, 11) is 0. The second-order valence-electron chi connectivity index (χ2n) is 6.18. The van der Waals surface area contributed by atoms with Crippen molar-refractivity contribution in [3.63, 3.8) is 0 Å². The predicted molar refractivity (Wildman–Crippen MR) is 97.5 cm³/mol. The fourth-order valence-electron chi connectivity index (χ4n) is 3.26. The number of para-hydroxylation sites is 1. The Morgan fingerprint density at radius 1 is 0.840 bits per heavy atom. The number of hydrogen-bond donors (Lipinski definition) is 1. The minimum atomic E-state index is -0.0807. The Morgan fingerprint density at radius 2 is 1.48 bits per heavy atom. The average molecular weight is 329 g/mol. The highest BCUT2D eigenvalue weighted by atomic mass is 16.5. The van der Waals surface area contributed by atoms with Crippen molar-refractivity contribution >= 4 is 5.91 Å². The van der Waals surface area contributed by atoms with Crippen molar-refractivity contribution in [2.24, 2.45) is 0 Å². The van der Waals surface area contributed by atoms with E-state index in [9.17, 15) is 4.79 Å². The average Bonchev–Trinajstić information content (AvgIpc) is 2.69. The van der Waals surface area contributed by atoms with Crippen LogP contribution in [0, 0.1) is 0 Å². The zero-order valence-corrected chi connectivity index (χ0v) is 13.8. The molecule has 0 saturated carbocycles. The van der Waals surface area contributed by atoms with Gasteiger partial charge in [0.05, 0.1) is 6.04 Å². The van der Waals surface area contributed by atoms with Crippen LogP contribution in [-0.2, 0) is 0 Å². The van der Waals surface area contributed by atoms with Crippen LogP contribution >= 0.6 is 0 Å². The maximum Gasteiger partial charge on any atom is 0.251 e. The third kappa shape index (κ3) is 3.26. The van der Waals surface area contributed by atoms with E-state index in [2.05, 4.69) is 17.4 Å². The summed E-state index contributed by atoms with van der Waals surface area (Å²) >= 11 is 0. The lowest BCUT2D eigenvalue weighted by Crippen LogP contribution is -2.33. The van der Waals surface area contributed by atoms with Gasteiger partial charge in [0, 0.05) is 17.5 Å². The molecule has 3 aromatic rings. The van der Waals surface area contributed by atoms with E-state index < -0.39 is 0 Å². The first-order valence-electron chi connectivity index (χ1n) is 8.48. The lowest BCUT2D eigenvalue weighted by Gasteiger charge is -2.33. The van der Waals surface area contributed by atoms with Gasteiger partial charge in [-0.3, -0.25) is 4.79 Å². The molecule has 1 N–H and O–H groups in total. The molecule has 124 valence electrons. The van der Waals surface area contributed by atoms with Crippen LogP contribution < -0.4 is 10.1 Å². The molecule has 1 aliphatic rings. The van der Waals surface area contributed by atoms with Crippen molar-refractivity contribution in [3.8, 4) is 5.75 Å². The van der Waals surface area contributed by atoms with Gasteiger partial charge in [0.1, 0.15) is 11.9 Å². The maximum atomic E-state index is 12.6. The van der Waals surface area contributed by atoms with Crippen LogP contribution in [0.15, 0.2) is 84.9 Å². The summed E-state index contributed by atoms with van der Waals surface area (Å²) in [6.07, 6.45) is 0.636. The molecule has 25 heavy (non-hydrogen) atoms. The van der Waals surface area contributed by atoms with E-state index in [1.54, 1.807) is 0 Å². The Bertz CT molecular complexity index is 861.